The van der Waals surface area contributed by atoms with Gasteiger partial charge in [0.2, 0.25) is 0 Å². The van der Waals surface area contributed by atoms with Crippen LogP contribution in [0.4, 0.5) is 5.69 Å². The number of nitrogens with one attached hydrogen (secondary N) is 1. The number of halogens is 1. The number of nitrogens with zero attached hydrogens (tertiary/aromatic N) is 1. The van der Waals surface area contributed by atoms with Crippen LogP contribution in [-0.4, -0.2) is 8.42 Å². The fourth-order valence-corrected chi connectivity index (χ4v) is 4.17. The molecule has 0 aliphatic carbocycles. The van der Waals surface area contributed by atoms with Gasteiger partial charge >= 0.3 is 0 Å². The third-order valence-electron chi connectivity index (χ3n) is 2.33. The average Bonchev–Trinajstić information content (AvgIpc) is 2.79. The summed E-state index contributed by atoms with van der Waals surface area (Å²) in [6.45, 7) is 1.84. The van der Waals surface area contributed by atoms with Gasteiger partial charge in [-0.25, -0.2) is 8.42 Å². The lowest BCUT2D eigenvalue weighted by atomic mass is 10.2. The Bertz CT molecular complexity index is 760. The van der Waals surface area contributed by atoms with Gasteiger partial charge in [-0.3, -0.25) is 4.72 Å². The third-order valence-corrected chi connectivity index (χ3v) is 5.68. The third kappa shape index (κ3) is 3.15. The second kappa shape index (κ2) is 5.33. The summed E-state index contributed by atoms with van der Waals surface area (Å²) in [6, 6.07) is 10.1. The largest absolute Gasteiger partial charge is 0.278 e. The minimum atomic E-state index is -3.64. The van der Waals surface area contributed by atoms with Crippen molar-refractivity contribution in [1.82, 2.24) is 0 Å². The highest BCUT2D eigenvalue weighted by atomic mass is 79.9. The Balaban J connectivity index is 2.39. The van der Waals surface area contributed by atoms with E-state index in [4.69, 9.17) is 5.26 Å². The van der Waals surface area contributed by atoms with Gasteiger partial charge in [-0.1, -0.05) is 15.9 Å². The van der Waals surface area contributed by atoms with Gasteiger partial charge in [0.15, 0.2) is 0 Å². The summed E-state index contributed by atoms with van der Waals surface area (Å²) in [5, 5.41) is 9.01. The predicted octanol–water partition coefficient (Wildman–Crippen LogP) is 3.49. The van der Waals surface area contributed by atoms with Crippen LogP contribution in [0.15, 0.2) is 39.0 Å². The summed E-state index contributed by atoms with van der Waals surface area (Å²) in [5.74, 6) is 0. The van der Waals surface area contributed by atoms with Gasteiger partial charge in [0.1, 0.15) is 10.3 Å². The van der Waals surface area contributed by atoms with E-state index in [0.29, 0.717) is 0 Å². The molecule has 2 rings (SSSR count). The lowest BCUT2D eigenvalue weighted by Crippen LogP contribution is -2.12. The fraction of sp³-hybridized carbons (Fsp3) is 0.0833. The summed E-state index contributed by atoms with van der Waals surface area (Å²) in [6.07, 6.45) is 0. The molecular weight excluding hydrogens is 348 g/mol. The molecule has 4 nitrogen and oxygen atoms in total. The van der Waals surface area contributed by atoms with Crippen LogP contribution in [0.25, 0.3) is 0 Å². The Labute approximate surface area is 123 Å². The van der Waals surface area contributed by atoms with Crippen molar-refractivity contribution in [2.75, 3.05) is 4.72 Å². The number of hydrogen-bond acceptors (Lipinski definition) is 4. The van der Waals surface area contributed by atoms with Crippen molar-refractivity contribution in [3.63, 3.8) is 0 Å². The van der Waals surface area contributed by atoms with Crippen molar-refractivity contribution < 1.29 is 8.42 Å². The number of aryl methyl sites for hydroxylation is 1. The second-order valence-corrected chi connectivity index (χ2v) is 7.89. The van der Waals surface area contributed by atoms with Crippen molar-refractivity contribution in [3.8, 4) is 6.07 Å². The number of rotatable bonds is 3. The number of thiophene rings is 1. The topological polar surface area (TPSA) is 70.0 Å². The smallest absolute Gasteiger partial charge is 0.271 e. The highest BCUT2D eigenvalue weighted by Crippen LogP contribution is 2.26. The number of hydrogen-bond donors (Lipinski definition) is 1. The van der Waals surface area contributed by atoms with Gasteiger partial charge in [0.25, 0.3) is 10.0 Å². The molecule has 1 N–H and O–H groups in total. The van der Waals surface area contributed by atoms with Crippen molar-refractivity contribution in [2.45, 2.75) is 11.1 Å². The van der Waals surface area contributed by atoms with E-state index in [-0.39, 0.29) is 15.5 Å². The fourth-order valence-electron chi connectivity index (χ4n) is 1.45. The maximum atomic E-state index is 12.1. The zero-order chi connectivity index (χ0) is 14.0. The zero-order valence-corrected chi connectivity index (χ0v) is 13.1. The van der Waals surface area contributed by atoms with Gasteiger partial charge < -0.3 is 0 Å². The Morgan fingerprint density at radius 1 is 1.32 bits per heavy atom. The molecule has 7 heteroatoms. The van der Waals surface area contributed by atoms with Crippen LogP contribution in [0.5, 0.6) is 0 Å². The summed E-state index contributed by atoms with van der Waals surface area (Å²) < 4.78 is 27.7. The normalized spacial score (nSPS) is 11.0. The van der Waals surface area contributed by atoms with E-state index < -0.39 is 10.0 Å². The molecule has 0 fully saturated rings. The molecule has 0 spiro atoms. The van der Waals surface area contributed by atoms with E-state index in [1.165, 1.54) is 11.3 Å². The summed E-state index contributed by atoms with van der Waals surface area (Å²) in [7, 11) is -3.64. The molecule has 0 radical (unpaired) electrons. The minimum Gasteiger partial charge on any atom is -0.278 e. The minimum absolute atomic E-state index is 0.233. The van der Waals surface area contributed by atoms with Crippen LogP contribution >= 0.6 is 27.3 Å². The number of sulfonamides is 1. The van der Waals surface area contributed by atoms with Crippen molar-refractivity contribution in [3.05, 3.63) is 45.2 Å². The number of nitriles is 1. The van der Waals surface area contributed by atoms with E-state index in [2.05, 4.69) is 20.7 Å². The first-order valence-corrected chi connectivity index (χ1v) is 8.30. The molecule has 1 aromatic heterocycles. The summed E-state index contributed by atoms with van der Waals surface area (Å²) in [5.41, 5.74) is 0.544. The molecule has 0 saturated heterocycles. The maximum absolute atomic E-state index is 12.1. The van der Waals surface area contributed by atoms with Crippen LogP contribution in [0.2, 0.25) is 0 Å². The van der Waals surface area contributed by atoms with E-state index in [0.717, 1.165) is 9.35 Å². The maximum Gasteiger partial charge on any atom is 0.271 e. The summed E-state index contributed by atoms with van der Waals surface area (Å²) >= 11 is 4.43. The SMILES string of the molecule is Cc1ccc(S(=O)(=O)Nc2ccc(Br)cc2C#N)s1. The van der Waals surface area contributed by atoms with Crippen LogP contribution in [0, 0.1) is 18.3 Å². The van der Waals surface area contributed by atoms with Crippen molar-refractivity contribution in [1.29, 1.82) is 5.26 Å². The monoisotopic (exact) mass is 356 g/mol. The predicted molar refractivity (Wildman–Crippen MR) is 78.7 cm³/mol. The molecule has 0 amide bonds. The molecule has 2 aromatic rings. The second-order valence-electron chi connectivity index (χ2n) is 3.77. The molecule has 1 heterocycles. The van der Waals surface area contributed by atoms with Gasteiger partial charge in [-0.2, -0.15) is 5.26 Å². The quantitative estimate of drug-likeness (QED) is 0.914. The molecule has 19 heavy (non-hydrogen) atoms. The Kier molecular flexibility index (Phi) is 3.94. The molecule has 0 unspecified atom stereocenters. The molecule has 0 aliphatic heterocycles. The first kappa shape index (κ1) is 14.1. The van der Waals surface area contributed by atoms with Gasteiger partial charge in [-0.05, 0) is 37.3 Å². The molecule has 0 bridgehead atoms. The van der Waals surface area contributed by atoms with Crippen LogP contribution < -0.4 is 4.72 Å². The van der Waals surface area contributed by atoms with Gasteiger partial charge in [-0.15, -0.1) is 11.3 Å². The highest BCUT2D eigenvalue weighted by Gasteiger charge is 2.17. The van der Waals surface area contributed by atoms with Crippen LogP contribution in [0.3, 0.4) is 0 Å². The van der Waals surface area contributed by atoms with E-state index in [1.54, 1.807) is 30.3 Å². The molecule has 0 saturated carbocycles. The lowest BCUT2D eigenvalue weighted by Gasteiger charge is -2.08. The van der Waals surface area contributed by atoms with E-state index >= 15 is 0 Å². The molecule has 0 aliphatic rings. The molecule has 0 atom stereocenters. The Morgan fingerprint density at radius 3 is 2.63 bits per heavy atom. The summed E-state index contributed by atoms with van der Waals surface area (Å²) in [4.78, 5) is 0.914. The van der Waals surface area contributed by atoms with Crippen molar-refractivity contribution in [2.24, 2.45) is 0 Å². The lowest BCUT2D eigenvalue weighted by molar-refractivity contribution is 0.603. The molecular formula is C12H9BrN2O2S2. The number of benzene rings is 1. The van der Waals surface area contributed by atoms with Crippen LogP contribution in [0.1, 0.15) is 10.4 Å². The van der Waals surface area contributed by atoms with E-state index in [9.17, 15) is 8.42 Å². The van der Waals surface area contributed by atoms with Crippen LogP contribution in [-0.2, 0) is 10.0 Å². The van der Waals surface area contributed by atoms with Crippen molar-refractivity contribution >= 4 is 43.0 Å². The highest BCUT2D eigenvalue weighted by molar-refractivity contribution is 9.10. The van der Waals surface area contributed by atoms with E-state index in [1.807, 2.05) is 13.0 Å². The van der Waals surface area contributed by atoms with Gasteiger partial charge in [0, 0.05) is 9.35 Å². The standard InChI is InChI=1S/C12H9BrN2O2S2/c1-8-2-5-12(18-8)19(16,17)15-11-4-3-10(13)6-9(11)7-14/h2-6,15H,1H3. The molecule has 98 valence electrons. The number of anilines is 1. The Morgan fingerprint density at radius 2 is 2.05 bits per heavy atom. The Hall–Kier alpha value is -1.36. The zero-order valence-electron chi connectivity index (χ0n) is 9.84. The van der Waals surface area contributed by atoms with Gasteiger partial charge in [0.05, 0.1) is 11.3 Å². The molecule has 1 aromatic carbocycles. The first-order valence-electron chi connectivity index (χ1n) is 5.21. The average molecular weight is 357 g/mol. The first-order chi connectivity index (χ1) is 8.92.